The van der Waals surface area contributed by atoms with Crippen LogP contribution in [0, 0.1) is 5.82 Å². The Hall–Kier alpha value is -2.44. The van der Waals surface area contributed by atoms with Crippen LogP contribution in [-0.4, -0.2) is 20.9 Å². The van der Waals surface area contributed by atoms with Crippen molar-refractivity contribution in [2.45, 2.75) is 25.4 Å². The normalized spacial score (nSPS) is 16.9. The molecule has 1 fully saturated rings. The van der Waals surface area contributed by atoms with E-state index in [0.29, 0.717) is 35.1 Å². The SMILES string of the molecule is O=C1CCC(c2nc(-c3cccc(Cl)c3)no2)N1Cc1ccc(F)cc1Cl. The Morgan fingerprint density at radius 1 is 1.22 bits per heavy atom. The van der Waals surface area contributed by atoms with Gasteiger partial charge in [0.15, 0.2) is 0 Å². The zero-order chi connectivity index (χ0) is 19.0. The van der Waals surface area contributed by atoms with Crippen LogP contribution < -0.4 is 0 Å². The second kappa shape index (κ2) is 7.29. The lowest BCUT2D eigenvalue weighted by molar-refractivity contribution is -0.129. The van der Waals surface area contributed by atoms with Crippen LogP contribution in [0.4, 0.5) is 4.39 Å². The fraction of sp³-hybridized carbons (Fsp3) is 0.211. The highest BCUT2D eigenvalue weighted by Gasteiger charge is 2.36. The van der Waals surface area contributed by atoms with Gasteiger partial charge in [0.25, 0.3) is 0 Å². The van der Waals surface area contributed by atoms with Gasteiger partial charge in [-0.05, 0) is 36.2 Å². The van der Waals surface area contributed by atoms with E-state index >= 15 is 0 Å². The number of hydrogen-bond donors (Lipinski definition) is 0. The molecule has 1 aliphatic rings. The Labute approximate surface area is 164 Å². The van der Waals surface area contributed by atoms with E-state index in [-0.39, 0.29) is 23.5 Å². The average molecular weight is 406 g/mol. The maximum atomic E-state index is 13.3. The quantitative estimate of drug-likeness (QED) is 0.609. The molecule has 1 aliphatic heterocycles. The summed E-state index contributed by atoms with van der Waals surface area (Å²) < 4.78 is 18.7. The van der Waals surface area contributed by atoms with Gasteiger partial charge in [0.2, 0.25) is 17.6 Å². The zero-order valence-corrected chi connectivity index (χ0v) is 15.5. The van der Waals surface area contributed by atoms with E-state index in [2.05, 4.69) is 10.1 Å². The lowest BCUT2D eigenvalue weighted by Crippen LogP contribution is -2.27. The van der Waals surface area contributed by atoms with Gasteiger partial charge in [0, 0.05) is 28.6 Å². The summed E-state index contributed by atoms with van der Waals surface area (Å²) in [5, 5.41) is 4.86. The molecule has 2 heterocycles. The molecule has 1 amide bonds. The molecule has 5 nitrogen and oxygen atoms in total. The molecule has 0 bridgehead atoms. The summed E-state index contributed by atoms with van der Waals surface area (Å²) in [5.41, 5.74) is 1.39. The Morgan fingerprint density at radius 2 is 2.07 bits per heavy atom. The number of halogens is 3. The predicted octanol–water partition coefficient (Wildman–Crippen LogP) is 5.05. The van der Waals surface area contributed by atoms with Gasteiger partial charge in [0.05, 0.1) is 0 Å². The molecule has 0 aliphatic carbocycles. The third kappa shape index (κ3) is 3.68. The van der Waals surface area contributed by atoms with Gasteiger partial charge in [-0.15, -0.1) is 0 Å². The van der Waals surface area contributed by atoms with Crippen molar-refractivity contribution in [3.8, 4) is 11.4 Å². The first-order valence-electron chi connectivity index (χ1n) is 8.34. The van der Waals surface area contributed by atoms with Crippen LogP contribution in [0.1, 0.15) is 30.3 Å². The number of nitrogens with zero attached hydrogens (tertiary/aromatic N) is 3. The van der Waals surface area contributed by atoms with Gasteiger partial charge in [-0.25, -0.2) is 4.39 Å². The summed E-state index contributed by atoms with van der Waals surface area (Å²) in [6.07, 6.45) is 0.938. The third-order valence-corrected chi connectivity index (χ3v) is 5.08. The van der Waals surface area contributed by atoms with Crippen LogP contribution in [0.3, 0.4) is 0 Å². The minimum Gasteiger partial charge on any atom is -0.337 e. The number of rotatable bonds is 4. The zero-order valence-electron chi connectivity index (χ0n) is 14.0. The second-order valence-electron chi connectivity index (χ2n) is 6.28. The molecule has 4 rings (SSSR count). The number of hydrogen-bond acceptors (Lipinski definition) is 4. The molecule has 3 aromatic rings. The molecule has 1 saturated heterocycles. The average Bonchev–Trinajstić information content (AvgIpc) is 3.25. The summed E-state index contributed by atoms with van der Waals surface area (Å²) in [4.78, 5) is 18.4. The highest BCUT2D eigenvalue weighted by Crippen LogP contribution is 2.35. The van der Waals surface area contributed by atoms with Crippen molar-refractivity contribution in [1.82, 2.24) is 15.0 Å². The fourth-order valence-electron chi connectivity index (χ4n) is 3.14. The van der Waals surface area contributed by atoms with Crippen molar-refractivity contribution in [1.29, 1.82) is 0 Å². The first-order chi connectivity index (χ1) is 13.0. The molecule has 1 unspecified atom stereocenters. The van der Waals surface area contributed by atoms with Gasteiger partial charge in [-0.3, -0.25) is 4.79 Å². The summed E-state index contributed by atoms with van der Waals surface area (Å²) in [7, 11) is 0. The van der Waals surface area contributed by atoms with Crippen molar-refractivity contribution < 1.29 is 13.7 Å². The molecular formula is C19H14Cl2FN3O2. The van der Waals surface area contributed by atoms with Crippen molar-refractivity contribution >= 4 is 29.1 Å². The monoisotopic (exact) mass is 405 g/mol. The van der Waals surface area contributed by atoms with E-state index in [0.717, 1.165) is 5.56 Å². The van der Waals surface area contributed by atoms with E-state index < -0.39 is 5.82 Å². The number of aromatic nitrogens is 2. The Balaban J connectivity index is 1.60. The molecular weight excluding hydrogens is 392 g/mol. The number of benzene rings is 2. The van der Waals surface area contributed by atoms with Gasteiger partial charge in [-0.1, -0.05) is 46.6 Å². The fourth-order valence-corrected chi connectivity index (χ4v) is 3.55. The highest BCUT2D eigenvalue weighted by atomic mass is 35.5. The molecule has 0 spiro atoms. The molecule has 0 radical (unpaired) electrons. The van der Waals surface area contributed by atoms with Gasteiger partial charge in [0.1, 0.15) is 11.9 Å². The second-order valence-corrected chi connectivity index (χ2v) is 7.12. The van der Waals surface area contributed by atoms with E-state index in [1.807, 2.05) is 6.07 Å². The summed E-state index contributed by atoms with van der Waals surface area (Å²) in [6, 6.07) is 10.9. The summed E-state index contributed by atoms with van der Waals surface area (Å²) in [6.45, 7) is 0.248. The molecule has 0 saturated carbocycles. The van der Waals surface area contributed by atoms with Gasteiger partial charge < -0.3 is 9.42 Å². The largest absolute Gasteiger partial charge is 0.337 e. The number of carbonyl (C=O) groups excluding carboxylic acids is 1. The van der Waals surface area contributed by atoms with E-state index in [9.17, 15) is 9.18 Å². The van der Waals surface area contributed by atoms with Gasteiger partial charge in [-0.2, -0.15) is 4.98 Å². The lowest BCUT2D eigenvalue weighted by atomic mass is 10.1. The number of amides is 1. The van der Waals surface area contributed by atoms with E-state index in [1.165, 1.54) is 12.1 Å². The van der Waals surface area contributed by atoms with Crippen LogP contribution in [0.5, 0.6) is 0 Å². The first kappa shape index (κ1) is 17.9. The molecule has 0 N–H and O–H groups in total. The predicted molar refractivity (Wildman–Crippen MR) is 98.7 cm³/mol. The van der Waals surface area contributed by atoms with Crippen molar-refractivity contribution in [2.75, 3.05) is 0 Å². The van der Waals surface area contributed by atoms with Crippen molar-refractivity contribution in [2.24, 2.45) is 0 Å². The highest BCUT2D eigenvalue weighted by molar-refractivity contribution is 6.31. The maximum absolute atomic E-state index is 13.3. The Kier molecular flexibility index (Phi) is 4.85. The lowest BCUT2D eigenvalue weighted by Gasteiger charge is -2.22. The Morgan fingerprint density at radius 3 is 2.85 bits per heavy atom. The number of carbonyl (C=O) groups is 1. The molecule has 8 heteroatoms. The van der Waals surface area contributed by atoms with Gasteiger partial charge >= 0.3 is 0 Å². The molecule has 1 atom stereocenters. The Bertz CT molecular complexity index is 1010. The maximum Gasteiger partial charge on any atom is 0.249 e. The van der Waals surface area contributed by atoms with E-state index in [4.69, 9.17) is 27.7 Å². The minimum atomic E-state index is -0.420. The topological polar surface area (TPSA) is 59.2 Å². The minimum absolute atomic E-state index is 0.0390. The van der Waals surface area contributed by atoms with Crippen molar-refractivity contribution in [3.05, 3.63) is 69.8 Å². The molecule has 1 aromatic heterocycles. The van der Waals surface area contributed by atoms with Crippen LogP contribution >= 0.6 is 23.2 Å². The van der Waals surface area contributed by atoms with Crippen LogP contribution in [0.25, 0.3) is 11.4 Å². The first-order valence-corrected chi connectivity index (χ1v) is 9.10. The van der Waals surface area contributed by atoms with Crippen LogP contribution in [-0.2, 0) is 11.3 Å². The standard InChI is InChI=1S/C19H14Cl2FN3O2/c20-13-3-1-2-11(8-13)18-23-19(27-24-18)16-6-7-17(26)25(16)10-12-4-5-14(22)9-15(12)21/h1-5,8-9,16H,6-7,10H2. The molecule has 2 aromatic carbocycles. The summed E-state index contributed by atoms with van der Waals surface area (Å²) in [5.74, 6) is 0.305. The number of likely N-dealkylation sites (tertiary alicyclic amines) is 1. The molecule has 27 heavy (non-hydrogen) atoms. The van der Waals surface area contributed by atoms with E-state index in [1.54, 1.807) is 29.2 Å². The smallest absolute Gasteiger partial charge is 0.249 e. The molecule has 138 valence electrons. The third-order valence-electron chi connectivity index (χ3n) is 4.49. The van der Waals surface area contributed by atoms with Crippen LogP contribution in [0.15, 0.2) is 47.0 Å². The summed E-state index contributed by atoms with van der Waals surface area (Å²) >= 11 is 12.1. The van der Waals surface area contributed by atoms with Crippen molar-refractivity contribution in [3.63, 3.8) is 0 Å². The van der Waals surface area contributed by atoms with Crippen LogP contribution in [0.2, 0.25) is 10.0 Å².